The van der Waals surface area contributed by atoms with Gasteiger partial charge in [0.05, 0.1) is 25.2 Å². The maximum atomic E-state index is 12.9. The van der Waals surface area contributed by atoms with Crippen LogP contribution in [0.4, 0.5) is 4.79 Å². The minimum absolute atomic E-state index is 0.246. The predicted octanol–water partition coefficient (Wildman–Crippen LogP) is 2.11. The number of ether oxygens (including phenoxy) is 3. The molecule has 0 aliphatic rings. The van der Waals surface area contributed by atoms with Crippen LogP contribution in [-0.4, -0.2) is 60.9 Å². The van der Waals surface area contributed by atoms with Gasteiger partial charge >= 0.3 is 12.1 Å². The van der Waals surface area contributed by atoms with Gasteiger partial charge in [-0.05, 0) is 52.3 Å². The Labute approximate surface area is 194 Å². The summed E-state index contributed by atoms with van der Waals surface area (Å²) in [5.41, 5.74) is 0.194. The summed E-state index contributed by atoms with van der Waals surface area (Å²) < 4.78 is 15.1. The lowest BCUT2D eigenvalue weighted by atomic mass is 10.0. The highest BCUT2D eigenvalue weighted by molar-refractivity contribution is 7.80. The average molecular weight is 468 g/mol. The molecule has 1 aromatic carbocycles. The van der Waals surface area contributed by atoms with Crippen molar-refractivity contribution in [3.8, 4) is 5.75 Å². The summed E-state index contributed by atoms with van der Waals surface area (Å²) in [6, 6.07) is 5.00. The molecule has 9 nitrogen and oxygen atoms in total. The minimum Gasteiger partial charge on any atom is -0.497 e. The van der Waals surface area contributed by atoms with Crippen molar-refractivity contribution in [2.24, 2.45) is 0 Å². The Kier molecular flexibility index (Phi) is 10.4. The van der Waals surface area contributed by atoms with Crippen molar-refractivity contribution >= 4 is 35.2 Å². The number of nitrogens with one attached hydrogen (secondary N) is 3. The Morgan fingerprint density at radius 2 is 1.56 bits per heavy atom. The zero-order chi connectivity index (χ0) is 24.5. The molecule has 0 aliphatic carbocycles. The molecule has 0 aliphatic heterocycles. The molecule has 0 saturated carbocycles. The SMILES string of the molecule is COC(=O)[C@H](C)NC(=O)[C@H](Cc1ccc(OC)cc1)NC(=S)[C@H](C)NC(=O)OC(C)(C)C. The van der Waals surface area contributed by atoms with Crippen molar-refractivity contribution in [3.05, 3.63) is 29.8 Å². The lowest BCUT2D eigenvalue weighted by Gasteiger charge is -2.26. The van der Waals surface area contributed by atoms with Crippen LogP contribution in [0.25, 0.3) is 0 Å². The van der Waals surface area contributed by atoms with Crippen molar-refractivity contribution in [1.29, 1.82) is 0 Å². The third kappa shape index (κ3) is 9.51. The normalized spacial score (nSPS) is 13.7. The molecule has 0 unspecified atom stereocenters. The molecule has 0 bridgehead atoms. The molecule has 0 saturated heterocycles. The summed E-state index contributed by atoms with van der Waals surface area (Å²) in [7, 11) is 2.82. The third-order valence-corrected chi connectivity index (χ3v) is 4.74. The van der Waals surface area contributed by atoms with E-state index in [0.29, 0.717) is 5.75 Å². The van der Waals surface area contributed by atoms with E-state index in [1.165, 1.54) is 14.0 Å². The van der Waals surface area contributed by atoms with E-state index >= 15 is 0 Å². The van der Waals surface area contributed by atoms with Crippen molar-refractivity contribution in [3.63, 3.8) is 0 Å². The number of methoxy groups -OCH3 is 2. The summed E-state index contributed by atoms with van der Waals surface area (Å²) in [6.07, 6.45) is -0.340. The van der Waals surface area contributed by atoms with Gasteiger partial charge < -0.3 is 30.2 Å². The second-order valence-corrected chi connectivity index (χ2v) is 8.67. The second-order valence-electron chi connectivity index (χ2n) is 8.23. The number of benzene rings is 1. The highest BCUT2D eigenvalue weighted by atomic mass is 32.1. The molecule has 3 N–H and O–H groups in total. The molecule has 0 aromatic heterocycles. The maximum absolute atomic E-state index is 12.9. The fourth-order valence-corrected chi connectivity index (χ4v) is 2.80. The van der Waals surface area contributed by atoms with Gasteiger partial charge in [-0.2, -0.15) is 0 Å². The predicted molar refractivity (Wildman–Crippen MR) is 125 cm³/mol. The van der Waals surface area contributed by atoms with Crippen molar-refractivity contribution in [1.82, 2.24) is 16.0 Å². The number of amides is 2. The Balaban J connectivity index is 2.92. The highest BCUT2D eigenvalue weighted by Gasteiger charge is 2.26. The van der Waals surface area contributed by atoms with Gasteiger partial charge in [0.1, 0.15) is 23.4 Å². The maximum Gasteiger partial charge on any atom is 0.408 e. The van der Waals surface area contributed by atoms with Gasteiger partial charge in [-0.3, -0.25) is 4.79 Å². The van der Waals surface area contributed by atoms with Crippen LogP contribution in [0.2, 0.25) is 0 Å². The fourth-order valence-electron chi connectivity index (χ4n) is 2.60. The number of carbonyl (C=O) groups excluding carboxylic acids is 3. The summed E-state index contributed by atoms with van der Waals surface area (Å²) >= 11 is 5.40. The first-order valence-electron chi connectivity index (χ1n) is 10.2. The van der Waals surface area contributed by atoms with Crippen LogP contribution in [0.15, 0.2) is 24.3 Å². The van der Waals surface area contributed by atoms with E-state index in [0.717, 1.165) is 5.56 Å². The number of rotatable bonds is 9. The summed E-state index contributed by atoms with van der Waals surface area (Å²) in [4.78, 5) is 36.9. The quantitative estimate of drug-likeness (QED) is 0.374. The first-order chi connectivity index (χ1) is 14.9. The summed E-state index contributed by atoms with van der Waals surface area (Å²) in [6.45, 7) is 8.47. The molecule has 32 heavy (non-hydrogen) atoms. The third-order valence-electron chi connectivity index (χ3n) is 4.27. The minimum atomic E-state index is -0.835. The molecule has 2 amide bonds. The molecule has 3 atom stereocenters. The van der Waals surface area contributed by atoms with E-state index in [9.17, 15) is 14.4 Å². The van der Waals surface area contributed by atoms with Crippen molar-refractivity contribution in [2.75, 3.05) is 14.2 Å². The Morgan fingerprint density at radius 3 is 2.06 bits per heavy atom. The molecule has 0 spiro atoms. The van der Waals surface area contributed by atoms with Crippen LogP contribution in [0.1, 0.15) is 40.2 Å². The van der Waals surface area contributed by atoms with E-state index in [1.54, 1.807) is 46.9 Å². The molecule has 1 rings (SSSR count). The molecule has 0 fully saturated rings. The number of hydrogen-bond donors (Lipinski definition) is 3. The smallest absolute Gasteiger partial charge is 0.408 e. The Bertz CT molecular complexity index is 807. The van der Waals surface area contributed by atoms with Crippen LogP contribution in [0.3, 0.4) is 0 Å². The standard InChI is InChI=1S/C22H33N3O6S/c1-13(24-21(28)31-22(3,4)5)19(32)25-17(18(26)23-14(2)20(27)30-7)12-15-8-10-16(29-6)11-9-15/h8-11,13-14,17H,12H2,1-7H3,(H,23,26)(H,24,28)(H,25,32)/t13-,14-,17-/m0/s1. The number of carbonyl (C=O) groups is 3. The molecule has 0 heterocycles. The van der Waals surface area contributed by atoms with Gasteiger partial charge in [-0.1, -0.05) is 24.4 Å². The Hall–Kier alpha value is -2.88. The van der Waals surface area contributed by atoms with E-state index < -0.39 is 41.7 Å². The molecule has 1 aromatic rings. The van der Waals surface area contributed by atoms with Gasteiger partial charge in [0, 0.05) is 6.42 Å². The first kappa shape index (κ1) is 27.2. The summed E-state index contributed by atoms with van der Waals surface area (Å²) in [5, 5.41) is 8.25. The fraction of sp³-hybridized carbons (Fsp3) is 0.545. The van der Waals surface area contributed by atoms with Crippen LogP contribution in [-0.2, 0) is 25.5 Å². The van der Waals surface area contributed by atoms with E-state index in [2.05, 4.69) is 20.7 Å². The lowest BCUT2D eigenvalue weighted by Crippen LogP contribution is -2.55. The largest absolute Gasteiger partial charge is 0.497 e. The van der Waals surface area contributed by atoms with Crippen LogP contribution in [0.5, 0.6) is 5.75 Å². The monoisotopic (exact) mass is 467 g/mol. The van der Waals surface area contributed by atoms with Crippen LogP contribution >= 0.6 is 12.2 Å². The van der Waals surface area contributed by atoms with Gasteiger partial charge in [-0.25, -0.2) is 9.59 Å². The first-order valence-corrected chi connectivity index (χ1v) is 10.6. The lowest BCUT2D eigenvalue weighted by molar-refractivity contribution is -0.144. The van der Waals surface area contributed by atoms with Gasteiger partial charge in [0.15, 0.2) is 0 Å². The molecule has 10 heteroatoms. The number of alkyl carbamates (subject to hydrolysis) is 1. The van der Waals surface area contributed by atoms with Gasteiger partial charge in [0.2, 0.25) is 5.91 Å². The molecular weight excluding hydrogens is 434 g/mol. The van der Waals surface area contributed by atoms with Crippen LogP contribution < -0.4 is 20.7 Å². The van der Waals surface area contributed by atoms with Crippen molar-refractivity contribution in [2.45, 2.75) is 64.8 Å². The van der Waals surface area contributed by atoms with E-state index in [-0.39, 0.29) is 11.4 Å². The van der Waals surface area contributed by atoms with E-state index in [4.69, 9.17) is 21.7 Å². The van der Waals surface area contributed by atoms with Gasteiger partial charge in [0.25, 0.3) is 0 Å². The Morgan fingerprint density at radius 1 is 0.969 bits per heavy atom. The molecule has 0 radical (unpaired) electrons. The van der Waals surface area contributed by atoms with Crippen LogP contribution in [0, 0.1) is 0 Å². The van der Waals surface area contributed by atoms with Crippen molar-refractivity contribution < 1.29 is 28.6 Å². The highest BCUT2D eigenvalue weighted by Crippen LogP contribution is 2.13. The number of esters is 1. The van der Waals surface area contributed by atoms with E-state index in [1.807, 2.05) is 12.1 Å². The number of hydrogen-bond acceptors (Lipinski definition) is 7. The molecular formula is C22H33N3O6S. The summed E-state index contributed by atoms with van der Waals surface area (Å²) in [5.74, 6) is -0.317. The average Bonchev–Trinajstić information content (AvgIpc) is 2.71. The zero-order valence-electron chi connectivity index (χ0n) is 19.6. The topological polar surface area (TPSA) is 115 Å². The number of thiocarbonyl (C=S) groups is 1. The second kappa shape index (κ2) is 12.2. The van der Waals surface area contributed by atoms with Gasteiger partial charge in [-0.15, -0.1) is 0 Å². The zero-order valence-corrected chi connectivity index (χ0v) is 20.4. The molecule has 178 valence electrons.